The van der Waals surface area contributed by atoms with E-state index in [9.17, 15) is 27.7 Å². The predicted molar refractivity (Wildman–Crippen MR) is 126 cm³/mol. The number of hydrogen-bond donors (Lipinski definition) is 1. The highest BCUT2D eigenvalue weighted by Gasteiger charge is 2.32. The molecule has 0 atom stereocenters. The highest BCUT2D eigenvalue weighted by atomic mass is 32.2. The maximum absolute atomic E-state index is 14.5. The van der Waals surface area contributed by atoms with Crippen LogP contribution in [0.15, 0.2) is 29.4 Å². The molecule has 0 unspecified atom stereocenters. The number of benzene rings is 1. The molecule has 1 fully saturated rings. The number of carbonyl (C=O) groups is 1. The smallest absolute Gasteiger partial charge is 0.351 e. The molecule has 1 aliphatic rings. The third-order valence-electron chi connectivity index (χ3n) is 5.88. The quantitative estimate of drug-likeness (QED) is 0.295. The Morgan fingerprint density at radius 1 is 1.26 bits per heavy atom. The first kappa shape index (κ1) is 25.5. The van der Waals surface area contributed by atoms with Crippen molar-refractivity contribution < 1.29 is 22.5 Å². The van der Waals surface area contributed by atoms with Crippen molar-refractivity contribution in [3.63, 3.8) is 0 Å². The summed E-state index contributed by atoms with van der Waals surface area (Å²) >= 11 is 0. The van der Waals surface area contributed by atoms with E-state index in [0.717, 1.165) is 37.9 Å². The summed E-state index contributed by atoms with van der Waals surface area (Å²) in [5.41, 5.74) is -0.571. The zero-order valence-corrected chi connectivity index (χ0v) is 20.0. The minimum absolute atomic E-state index is 0.0611. The first-order valence-electron chi connectivity index (χ1n) is 11.2. The van der Waals surface area contributed by atoms with Gasteiger partial charge in [-0.2, -0.15) is 0 Å². The van der Waals surface area contributed by atoms with Gasteiger partial charge in [0.1, 0.15) is 17.9 Å². The second-order valence-corrected chi connectivity index (χ2v) is 10.4. The average molecular weight is 494 g/mol. The molecule has 0 spiro atoms. The molecule has 184 valence electrons. The Labute approximate surface area is 197 Å². The number of ketones is 1. The molecule has 1 N–H and O–H groups in total. The number of piperidine rings is 1. The number of rotatable bonds is 10. The monoisotopic (exact) mass is 493 g/mol. The summed E-state index contributed by atoms with van der Waals surface area (Å²) in [4.78, 5) is 33.2. The number of hydrogen-bond acceptors (Lipinski definition) is 9. The van der Waals surface area contributed by atoms with Crippen molar-refractivity contribution in [3.8, 4) is 0 Å². The SMILES string of the molecule is CCCCCC(=O)C1CCN(c2ncnc(Nc3ccc(S(C)(=O)=O)cc3F)c2[N+](=O)[O-])CC1. The number of sulfone groups is 1. The number of aromatic nitrogens is 2. The van der Waals surface area contributed by atoms with Gasteiger partial charge in [-0.15, -0.1) is 0 Å². The van der Waals surface area contributed by atoms with E-state index in [-0.39, 0.29) is 33.9 Å². The summed E-state index contributed by atoms with van der Waals surface area (Å²) < 4.78 is 37.8. The highest BCUT2D eigenvalue weighted by Crippen LogP contribution is 2.36. The van der Waals surface area contributed by atoms with Crippen molar-refractivity contribution >= 4 is 38.6 Å². The fourth-order valence-corrected chi connectivity index (χ4v) is 4.62. The molecule has 0 aliphatic carbocycles. The number of unbranched alkanes of at least 4 members (excludes halogenated alkanes) is 2. The van der Waals surface area contributed by atoms with Crippen LogP contribution >= 0.6 is 0 Å². The molecule has 1 saturated heterocycles. The van der Waals surface area contributed by atoms with Gasteiger partial charge >= 0.3 is 5.69 Å². The molecular formula is C22H28FN5O5S. The van der Waals surface area contributed by atoms with Crippen molar-refractivity contribution in [3.05, 3.63) is 40.5 Å². The van der Waals surface area contributed by atoms with Crippen LogP contribution in [0.25, 0.3) is 0 Å². The normalized spacial score (nSPS) is 14.7. The Kier molecular flexibility index (Phi) is 8.13. The second kappa shape index (κ2) is 10.9. The van der Waals surface area contributed by atoms with Crippen LogP contribution in [0.5, 0.6) is 0 Å². The zero-order chi connectivity index (χ0) is 24.9. The van der Waals surface area contributed by atoms with E-state index in [1.807, 2.05) is 0 Å². The maximum Gasteiger partial charge on any atom is 0.353 e. The van der Waals surface area contributed by atoms with Gasteiger partial charge in [0.2, 0.25) is 11.6 Å². The van der Waals surface area contributed by atoms with Gasteiger partial charge in [0.15, 0.2) is 9.84 Å². The van der Waals surface area contributed by atoms with Gasteiger partial charge in [0.25, 0.3) is 0 Å². The number of nitrogens with zero attached hydrogens (tertiary/aromatic N) is 4. The van der Waals surface area contributed by atoms with Crippen molar-refractivity contribution in [2.24, 2.45) is 5.92 Å². The predicted octanol–water partition coefficient (Wildman–Crippen LogP) is 4.04. The fourth-order valence-electron chi connectivity index (χ4n) is 3.98. The molecule has 2 aromatic rings. The summed E-state index contributed by atoms with van der Waals surface area (Å²) in [7, 11) is -3.61. The minimum atomic E-state index is -3.61. The topological polar surface area (TPSA) is 135 Å². The van der Waals surface area contributed by atoms with Gasteiger partial charge in [0.05, 0.1) is 15.5 Å². The molecular weight excluding hydrogens is 465 g/mol. The van der Waals surface area contributed by atoms with Crippen molar-refractivity contribution in [1.82, 2.24) is 9.97 Å². The largest absolute Gasteiger partial charge is 0.353 e. The van der Waals surface area contributed by atoms with E-state index >= 15 is 0 Å². The summed E-state index contributed by atoms with van der Waals surface area (Å²) in [6.07, 6.45) is 6.77. The van der Waals surface area contributed by atoms with Crippen molar-refractivity contribution in [2.75, 3.05) is 29.6 Å². The number of nitro groups is 1. The Morgan fingerprint density at radius 2 is 1.97 bits per heavy atom. The number of carbonyl (C=O) groups excluding carboxylic acids is 1. The molecule has 1 aliphatic heterocycles. The van der Waals surface area contributed by atoms with Gasteiger partial charge in [-0.1, -0.05) is 19.8 Å². The minimum Gasteiger partial charge on any atom is -0.351 e. The molecule has 0 radical (unpaired) electrons. The number of halogens is 1. The van der Waals surface area contributed by atoms with Crippen LogP contribution in [0.3, 0.4) is 0 Å². The molecule has 2 heterocycles. The van der Waals surface area contributed by atoms with Gasteiger partial charge in [-0.05, 0) is 37.5 Å². The number of anilines is 3. The molecule has 0 amide bonds. The molecule has 0 bridgehead atoms. The van der Waals surface area contributed by atoms with Gasteiger partial charge in [0, 0.05) is 31.7 Å². The van der Waals surface area contributed by atoms with E-state index in [2.05, 4.69) is 22.2 Å². The van der Waals surface area contributed by atoms with Crippen LogP contribution in [0.2, 0.25) is 0 Å². The summed E-state index contributed by atoms with van der Waals surface area (Å²) in [5, 5.41) is 14.5. The molecule has 1 aromatic carbocycles. The molecule has 10 nitrogen and oxygen atoms in total. The average Bonchev–Trinajstić information content (AvgIpc) is 2.79. The first-order chi connectivity index (χ1) is 16.1. The van der Waals surface area contributed by atoms with E-state index in [1.54, 1.807) is 4.90 Å². The zero-order valence-electron chi connectivity index (χ0n) is 19.2. The molecule has 0 saturated carbocycles. The lowest BCUT2D eigenvalue weighted by Crippen LogP contribution is -2.37. The Morgan fingerprint density at radius 3 is 2.56 bits per heavy atom. The molecule has 12 heteroatoms. The summed E-state index contributed by atoms with van der Waals surface area (Å²) in [6, 6.07) is 3.23. The molecule has 1 aromatic heterocycles. The lowest BCUT2D eigenvalue weighted by molar-refractivity contribution is -0.383. The van der Waals surface area contributed by atoms with E-state index < -0.39 is 26.3 Å². The van der Waals surface area contributed by atoms with Crippen LogP contribution in [-0.2, 0) is 14.6 Å². The van der Waals surface area contributed by atoms with E-state index in [1.165, 1.54) is 12.1 Å². The third-order valence-corrected chi connectivity index (χ3v) is 6.99. The Balaban J connectivity index is 1.79. The number of nitrogens with one attached hydrogen (secondary N) is 1. The lowest BCUT2D eigenvalue weighted by Gasteiger charge is -2.31. The molecule has 34 heavy (non-hydrogen) atoms. The standard InChI is InChI=1S/C22H28FN5O5S/c1-3-4-5-6-19(29)15-9-11-27(12-10-15)22-20(28(30)31)21(24-14-25-22)26-18-8-7-16(13-17(18)23)34(2,32)33/h7-8,13-15H,3-6,9-12H2,1-2H3,(H,24,25,26). The van der Waals surface area contributed by atoms with Crippen molar-refractivity contribution in [1.29, 1.82) is 0 Å². The second-order valence-electron chi connectivity index (χ2n) is 8.38. The maximum atomic E-state index is 14.5. The third kappa shape index (κ3) is 6.04. The van der Waals surface area contributed by atoms with Crippen LogP contribution in [0.1, 0.15) is 45.4 Å². The van der Waals surface area contributed by atoms with Gasteiger partial charge in [-0.3, -0.25) is 14.9 Å². The van der Waals surface area contributed by atoms with Crippen LogP contribution < -0.4 is 10.2 Å². The first-order valence-corrected chi connectivity index (χ1v) is 13.0. The fraction of sp³-hybridized carbons (Fsp3) is 0.500. The van der Waals surface area contributed by atoms with Crippen molar-refractivity contribution in [2.45, 2.75) is 50.3 Å². The van der Waals surface area contributed by atoms with Crippen LogP contribution in [-0.4, -0.2) is 48.4 Å². The van der Waals surface area contributed by atoms with Gasteiger partial charge < -0.3 is 10.2 Å². The lowest BCUT2D eigenvalue weighted by atomic mass is 9.90. The summed E-state index contributed by atoms with van der Waals surface area (Å²) in [6.45, 7) is 2.94. The molecule has 3 rings (SSSR count). The highest BCUT2D eigenvalue weighted by molar-refractivity contribution is 7.90. The van der Waals surface area contributed by atoms with Crippen LogP contribution in [0.4, 0.5) is 27.4 Å². The Hall–Kier alpha value is -3.15. The van der Waals surface area contributed by atoms with Gasteiger partial charge in [-0.25, -0.2) is 22.8 Å². The van der Waals surface area contributed by atoms with E-state index in [0.29, 0.717) is 32.4 Å². The number of Topliss-reactive ketones (excluding diaryl/α,β-unsaturated/α-hetero) is 1. The summed E-state index contributed by atoms with van der Waals surface area (Å²) in [5.74, 6) is -0.833. The van der Waals surface area contributed by atoms with Crippen LogP contribution in [0, 0.1) is 21.8 Å². The Bertz CT molecular complexity index is 1170. The van der Waals surface area contributed by atoms with E-state index in [4.69, 9.17) is 0 Å².